The lowest BCUT2D eigenvalue weighted by atomic mass is 10.1. The smallest absolute Gasteiger partial charge is 0.224 e. The molecule has 0 aliphatic heterocycles. The van der Waals surface area contributed by atoms with Gasteiger partial charge in [-0.05, 0) is 37.0 Å². The third kappa shape index (κ3) is 3.49. The van der Waals surface area contributed by atoms with Crippen LogP contribution < -0.4 is 16.0 Å². The molecule has 5 nitrogen and oxygen atoms in total. The van der Waals surface area contributed by atoms with E-state index in [0.29, 0.717) is 17.6 Å². The molecule has 0 bridgehead atoms. The standard InChI is InChI=1S/C16H20N4O/c1-2-3-11-4-8-13(9-5-11)21-15-10-14(20-17)18-16(19-15)12-6-7-12/h4-5,8-10,12H,2-3,6-7,17H2,1H3,(H,18,19,20). The Labute approximate surface area is 124 Å². The first-order valence-corrected chi connectivity index (χ1v) is 7.41. The molecule has 0 unspecified atom stereocenters. The molecule has 0 amide bonds. The molecular weight excluding hydrogens is 264 g/mol. The maximum Gasteiger partial charge on any atom is 0.224 e. The monoisotopic (exact) mass is 284 g/mol. The number of hydrazine groups is 1. The largest absolute Gasteiger partial charge is 0.439 e. The van der Waals surface area contributed by atoms with Crippen molar-refractivity contribution in [2.75, 3.05) is 5.43 Å². The van der Waals surface area contributed by atoms with Gasteiger partial charge < -0.3 is 10.2 Å². The molecule has 1 heterocycles. The Morgan fingerprint density at radius 1 is 1.24 bits per heavy atom. The van der Waals surface area contributed by atoms with Gasteiger partial charge in [-0.15, -0.1) is 0 Å². The Kier molecular flexibility index (Phi) is 4.01. The summed E-state index contributed by atoms with van der Waals surface area (Å²) in [7, 11) is 0. The Balaban J connectivity index is 1.78. The van der Waals surface area contributed by atoms with E-state index in [1.165, 1.54) is 5.56 Å². The zero-order valence-electron chi connectivity index (χ0n) is 12.2. The highest BCUT2D eigenvalue weighted by molar-refractivity contribution is 5.40. The van der Waals surface area contributed by atoms with E-state index >= 15 is 0 Å². The Morgan fingerprint density at radius 2 is 2.00 bits per heavy atom. The number of nitrogens with zero attached hydrogens (tertiary/aromatic N) is 2. The number of aryl methyl sites for hydroxylation is 1. The van der Waals surface area contributed by atoms with Crippen LogP contribution in [0.3, 0.4) is 0 Å². The Morgan fingerprint density at radius 3 is 2.62 bits per heavy atom. The number of rotatable bonds is 6. The molecule has 1 saturated carbocycles. The molecule has 3 N–H and O–H groups in total. The summed E-state index contributed by atoms with van der Waals surface area (Å²) in [6, 6.07) is 9.83. The SMILES string of the molecule is CCCc1ccc(Oc2cc(NN)nc(C3CC3)n2)cc1. The van der Waals surface area contributed by atoms with Gasteiger partial charge in [0.1, 0.15) is 17.4 Å². The number of ether oxygens (including phenoxy) is 1. The van der Waals surface area contributed by atoms with Crippen LogP contribution in [-0.2, 0) is 6.42 Å². The molecule has 5 heteroatoms. The van der Waals surface area contributed by atoms with Gasteiger partial charge in [-0.3, -0.25) is 0 Å². The minimum absolute atomic E-state index is 0.451. The summed E-state index contributed by atoms with van der Waals surface area (Å²) in [5, 5.41) is 0. The van der Waals surface area contributed by atoms with Crippen LogP contribution in [0.1, 0.15) is 43.5 Å². The molecular formula is C16H20N4O. The van der Waals surface area contributed by atoms with Crippen molar-refractivity contribution in [1.29, 1.82) is 0 Å². The maximum absolute atomic E-state index is 5.83. The number of hydrogen-bond donors (Lipinski definition) is 2. The zero-order valence-corrected chi connectivity index (χ0v) is 12.2. The van der Waals surface area contributed by atoms with Crippen LogP contribution in [0.25, 0.3) is 0 Å². The summed E-state index contributed by atoms with van der Waals surface area (Å²) in [5.41, 5.74) is 3.89. The van der Waals surface area contributed by atoms with Crippen molar-refractivity contribution in [3.63, 3.8) is 0 Å². The van der Waals surface area contributed by atoms with E-state index in [2.05, 4.69) is 34.5 Å². The lowest BCUT2D eigenvalue weighted by Crippen LogP contribution is -2.10. The molecule has 1 aliphatic rings. The van der Waals surface area contributed by atoms with Gasteiger partial charge in [0.15, 0.2) is 0 Å². The molecule has 1 aromatic carbocycles. The average molecular weight is 284 g/mol. The van der Waals surface area contributed by atoms with E-state index < -0.39 is 0 Å². The number of aromatic nitrogens is 2. The third-order valence-electron chi connectivity index (χ3n) is 3.49. The lowest BCUT2D eigenvalue weighted by Gasteiger charge is -2.09. The van der Waals surface area contributed by atoms with Crippen LogP contribution in [0.5, 0.6) is 11.6 Å². The predicted molar refractivity (Wildman–Crippen MR) is 82.3 cm³/mol. The second kappa shape index (κ2) is 6.10. The molecule has 1 aliphatic carbocycles. The van der Waals surface area contributed by atoms with Crippen LogP contribution in [0, 0.1) is 0 Å². The van der Waals surface area contributed by atoms with Crippen LogP contribution >= 0.6 is 0 Å². The Hall–Kier alpha value is -2.14. The van der Waals surface area contributed by atoms with Crippen molar-refractivity contribution >= 4 is 5.82 Å². The number of nitrogens with one attached hydrogen (secondary N) is 1. The van der Waals surface area contributed by atoms with Crippen molar-refractivity contribution in [3.05, 3.63) is 41.7 Å². The van der Waals surface area contributed by atoms with Gasteiger partial charge in [0.2, 0.25) is 5.88 Å². The van der Waals surface area contributed by atoms with Crippen molar-refractivity contribution in [1.82, 2.24) is 9.97 Å². The quantitative estimate of drug-likeness (QED) is 0.628. The van der Waals surface area contributed by atoms with Gasteiger partial charge in [-0.1, -0.05) is 25.5 Å². The van der Waals surface area contributed by atoms with E-state index in [1.807, 2.05) is 12.1 Å². The fourth-order valence-electron chi connectivity index (χ4n) is 2.23. The third-order valence-corrected chi connectivity index (χ3v) is 3.49. The maximum atomic E-state index is 5.83. The minimum Gasteiger partial charge on any atom is -0.439 e. The lowest BCUT2D eigenvalue weighted by molar-refractivity contribution is 0.458. The summed E-state index contributed by atoms with van der Waals surface area (Å²) in [6.07, 6.45) is 4.50. The van der Waals surface area contributed by atoms with E-state index in [1.54, 1.807) is 6.07 Å². The van der Waals surface area contributed by atoms with Crippen molar-refractivity contribution < 1.29 is 4.74 Å². The second-order valence-corrected chi connectivity index (χ2v) is 5.36. The van der Waals surface area contributed by atoms with Crippen LogP contribution in [-0.4, -0.2) is 9.97 Å². The first-order valence-electron chi connectivity index (χ1n) is 7.41. The van der Waals surface area contributed by atoms with Crippen LogP contribution in [0.4, 0.5) is 5.82 Å². The highest BCUT2D eigenvalue weighted by Crippen LogP contribution is 2.39. The molecule has 21 heavy (non-hydrogen) atoms. The van der Waals surface area contributed by atoms with Crippen molar-refractivity contribution in [2.45, 2.75) is 38.5 Å². The summed E-state index contributed by atoms with van der Waals surface area (Å²) in [4.78, 5) is 8.84. The number of hydrogen-bond acceptors (Lipinski definition) is 5. The Bertz CT molecular complexity index is 608. The first-order chi connectivity index (χ1) is 10.3. The average Bonchev–Trinajstić information content (AvgIpc) is 3.34. The minimum atomic E-state index is 0.451. The van der Waals surface area contributed by atoms with Gasteiger partial charge in [-0.2, -0.15) is 4.98 Å². The van der Waals surface area contributed by atoms with E-state index in [0.717, 1.165) is 37.3 Å². The highest BCUT2D eigenvalue weighted by Gasteiger charge is 2.27. The van der Waals surface area contributed by atoms with Gasteiger partial charge >= 0.3 is 0 Å². The molecule has 0 spiro atoms. The topological polar surface area (TPSA) is 73.1 Å². The molecule has 2 aromatic rings. The number of benzene rings is 1. The molecule has 1 fully saturated rings. The normalized spacial score (nSPS) is 14.0. The van der Waals surface area contributed by atoms with Crippen molar-refractivity contribution in [3.8, 4) is 11.6 Å². The zero-order chi connectivity index (χ0) is 14.7. The summed E-state index contributed by atoms with van der Waals surface area (Å²) in [5.74, 6) is 8.61. The van der Waals surface area contributed by atoms with Gasteiger partial charge in [0.05, 0.1) is 0 Å². The van der Waals surface area contributed by atoms with Crippen LogP contribution in [0.2, 0.25) is 0 Å². The molecule has 3 rings (SSSR count). The highest BCUT2D eigenvalue weighted by atomic mass is 16.5. The van der Waals surface area contributed by atoms with E-state index in [9.17, 15) is 0 Å². The first kappa shape index (κ1) is 13.8. The fourth-order valence-corrected chi connectivity index (χ4v) is 2.23. The van der Waals surface area contributed by atoms with E-state index in [-0.39, 0.29) is 0 Å². The molecule has 0 radical (unpaired) electrons. The molecule has 0 saturated heterocycles. The molecule has 110 valence electrons. The predicted octanol–water partition coefficient (Wildman–Crippen LogP) is 3.38. The summed E-state index contributed by atoms with van der Waals surface area (Å²) < 4.78 is 5.83. The fraction of sp³-hybridized carbons (Fsp3) is 0.375. The summed E-state index contributed by atoms with van der Waals surface area (Å²) >= 11 is 0. The second-order valence-electron chi connectivity index (χ2n) is 5.36. The molecule has 0 atom stereocenters. The van der Waals surface area contributed by atoms with Gasteiger partial charge in [-0.25, -0.2) is 10.8 Å². The number of nitrogens with two attached hydrogens (primary N) is 1. The summed E-state index contributed by atoms with van der Waals surface area (Å²) in [6.45, 7) is 2.17. The van der Waals surface area contributed by atoms with Gasteiger partial charge in [0.25, 0.3) is 0 Å². The van der Waals surface area contributed by atoms with Crippen LogP contribution in [0.15, 0.2) is 30.3 Å². The van der Waals surface area contributed by atoms with Crippen molar-refractivity contribution in [2.24, 2.45) is 5.84 Å². The molecule has 1 aromatic heterocycles. The number of nitrogen functional groups attached to an aromatic ring is 1. The van der Waals surface area contributed by atoms with E-state index in [4.69, 9.17) is 10.6 Å². The number of anilines is 1. The van der Waals surface area contributed by atoms with Gasteiger partial charge in [0, 0.05) is 12.0 Å².